The Labute approximate surface area is 130 Å². The molecule has 22 heavy (non-hydrogen) atoms. The van der Waals surface area contributed by atoms with E-state index >= 15 is 0 Å². The van der Waals surface area contributed by atoms with Crippen molar-refractivity contribution in [3.63, 3.8) is 0 Å². The maximum Gasteiger partial charge on any atom is 0.263 e. The first-order valence-corrected chi connectivity index (χ1v) is 7.01. The second kappa shape index (κ2) is 5.65. The van der Waals surface area contributed by atoms with Crippen LogP contribution in [-0.2, 0) is 11.3 Å². The summed E-state index contributed by atoms with van der Waals surface area (Å²) in [7, 11) is 0. The molecule has 7 heteroatoms. The van der Waals surface area contributed by atoms with Gasteiger partial charge in [0.15, 0.2) is 0 Å². The lowest BCUT2D eigenvalue weighted by atomic mass is 10.3. The predicted molar refractivity (Wildman–Crippen MR) is 85.2 cm³/mol. The van der Waals surface area contributed by atoms with E-state index in [0.29, 0.717) is 21.7 Å². The zero-order valence-corrected chi connectivity index (χ0v) is 12.5. The molecule has 0 bridgehead atoms. The summed E-state index contributed by atoms with van der Waals surface area (Å²) in [6, 6.07) is 8.63. The zero-order valence-electron chi connectivity index (χ0n) is 11.8. The molecule has 1 aromatic carbocycles. The number of nitrogens with zero attached hydrogens (tertiary/aromatic N) is 2. The van der Waals surface area contributed by atoms with Gasteiger partial charge in [-0.3, -0.25) is 14.2 Å². The summed E-state index contributed by atoms with van der Waals surface area (Å²) in [5.74, 6) is -0.344. The molecule has 3 rings (SSSR count). The molecule has 0 unspecified atom stereocenters. The quantitative estimate of drug-likeness (QED) is 0.778. The Kier molecular flexibility index (Phi) is 3.68. The van der Waals surface area contributed by atoms with Crippen molar-refractivity contribution < 1.29 is 4.79 Å². The van der Waals surface area contributed by atoms with E-state index in [2.05, 4.69) is 15.3 Å². The number of hydrogen-bond donors (Lipinski definition) is 2. The molecule has 6 nitrogen and oxygen atoms in total. The summed E-state index contributed by atoms with van der Waals surface area (Å²) in [6.07, 6.45) is 1.35. The molecule has 2 heterocycles. The highest BCUT2D eigenvalue weighted by molar-refractivity contribution is 6.33. The first-order chi connectivity index (χ1) is 10.5. The van der Waals surface area contributed by atoms with Gasteiger partial charge in [-0.15, -0.1) is 0 Å². The van der Waals surface area contributed by atoms with Gasteiger partial charge in [-0.05, 0) is 25.1 Å². The third kappa shape index (κ3) is 2.73. The molecular formula is C15H13ClN4O2. The lowest BCUT2D eigenvalue weighted by Gasteiger charge is -2.08. The molecule has 0 spiro atoms. The van der Waals surface area contributed by atoms with Crippen LogP contribution in [0.1, 0.15) is 5.69 Å². The van der Waals surface area contributed by atoms with Crippen LogP contribution in [0.15, 0.2) is 41.5 Å². The van der Waals surface area contributed by atoms with Crippen molar-refractivity contribution in [2.24, 2.45) is 0 Å². The third-order valence-electron chi connectivity index (χ3n) is 3.21. The number of benzene rings is 1. The van der Waals surface area contributed by atoms with Gasteiger partial charge < -0.3 is 10.3 Å². The SMILES string of the molecule is Cc1cc2c(=O)n(CC(=O)Nc3ccccc3Cl)cnc2[nH]1. The lowest BCUT2D eigenvalue weighted by molar-refractivity contribution is -0.116. The van der Waals surface area contributed by atoms with E-state index in [1.807, 2.05) is 6.92 Å². The maximum atomic E-state index is 12.3. The van der Waals surface area contributed by atoms with Crippen molar-refractivity contribution in [3.8, 4) is 0 Å². The second-order valence-corrected chi connectivity index (χ2v) is 5.33. The van der Waals surface area contributed by atoms with Gasteiger partial charge in [0.05, 0.1) is 16.1 Å². The number of aryl methyl sites for hydroxylation is 1. The molecule has 1 amide bonds. The molecule has 0 aliphatic carbocycles. The van der Waals surface area contributed by atoms with E-state index in [1.54, 1.807) is 30.3 Å². The average molecular weight is 317 g/mol. The number of para-hydroxylation sites is 1. The van der Waals surface area contributed by atoms with Crippen molar-refractivity contribution in [1.29, 1.82) is 0 Å². The smallest absolute Gasteiger partial charge is 0.263 e. The van der Waals surface area contributed by atoms with Crippen LogP contribution < -0.4 is 10.9 Å². The summed E-state index contributed by atoms with van der Waals surface area (Å²) in [5, 5.41) is 3.58. The first kappa shape index (κ1) is 14.3. The van der Waals surface area contributed by atoms with E-state index in [0.717, 1.165) is 5.69 Å². The molecule has 0 saturated heterocycles. The van der Waals surface area contributed by atoms with Crippen LogP contribution in [-0.4, -0.2) is 20.4 Å². The van der Waals surface area contributed by atoms with Crippen molar-refractivity contribution in [2.45, 2.75) is 13.5 Å². The number of hydrogen-bond acceptors (Lipinski definition) is 3. The number of aromatic amines is 1. The molecule has 0 aliphatic heterocycles. The topological polar surface area (TPSA) is 79.8 Å². The largest absolute Gasteiger partial charge is 0.343 e. The number of aromatic nitrogens is 3. The van der Waals surface area contributed by atoms with Gasteiger partial charge in [-0.1, -0.05) is 23.7 Å². The second-order valence-electron chi connectivity index (χ2n) is 4.92. The van der Waals surface area contributed by atoms with Gasteiger partial charge in [0.1, 0.15) is 18.5 Å². The van der Waals surface area contributed by atoms with Gasteiger partial charge in [-0.25, -0.2) is 4.98 Å². The molecule has 0 fully saturated rings. The number of nitrogens with one attached hydrogen (secondary N) is 2. The molecular weight excluding hydrogens is 304 g/mol. The first-order valence-electron chi connectivity index (χ1n) is 6.64. The fourth-order valence-electron chi connectivity index (χ4n) is 2.19. The van der Waals surface area contributed by atoms with Crippen molar-refractivity contribution in [2.75, 3.05) is 5.32 Å². The highest BCUT2D eigenvalue weighted by Crippen LogP contribution is 2.20. The van der Waals surface area contributed by atoms with E-state index < -0.39 is 0 Å². The molecule has 0 atom stereocenters. The fraction of sp³-hybridized carbons (Fsp3) is 0.133. The lowest BCUT2D eigenvalue weighted by Crippen LogP contribution is -2.27. The normalized spacial score (nSPS) is 10.8. The van der Waals surface area contributed by atoms with Crippen molar-refractivity contribution in [3.05, 3.63) is 57.7 Å². The third-order valence-corrected chi connectivity index (χ3v) is 3.54. The number of fused-ring (bicyclic) bond motifs is 1. The molecule has 0 radical (unpaired) electrons. The van der Waals surface area contributed by atoms with E-state index in [4.69, 9.17) is 11.6 Å². The minimum Gasteiger partial charge on any atom is -0.343 e. The van der Waals surface area contributed by atoms with Crippen LogP contribution in [0.3, 0.4) is 0 Å². The number of carbonyl (C=O) groups is 1. The number of carbonyl (C=O) groups excluding carboxylic acids is 1. The summed E-state index contributed by atoms with van der Waals surface area (Å²) in [5.41, 5.74) is 1.61. The summed E-state index contributed by atoms with van der Waals surface area (Å²) >= 11 is 5.98. The van der Waals surface area contributed by atoms with Crippen LogP contribution in [0.25, 0.3) is 11.0 Å². The van der Waals surface area contributed by atoms with E-state index in [9.17, 15) is 9.59 Å². The monoisotopic (exact) mass is 316 g/mol. The molecule has 0 saturated carbocycles. The van der Waals surface area contributed by atoms with Gasteiger partial charge in [-0.2, -0.15) is 0 Å². The molecule has 2 N–H and O–H groups in total. The molecule has 2 aromatic heterocycles. The minimum atomic E-state index is -0.344. The Balaban J connectivity index is 1.84. The number of anilines is 1. The Hall–Kier alpha value is -2.60. The van der Waals surface area contributed by atoms with E-state index in [1.165, 1.54) is 10.9 Å². The van der Waals surface area contributed by atoms with Crippen LogP contribution in [0.4, 0.5) is 5.69 Å². The molecule has 112 valence electrons. The number of amides is 1. The van der Waals surface area contributed by atoms with Crippen molar-refractivity contribution in [1.82, 2.24) is 14.5 Å². The summed E-state index contributed by atoms with van der Waals surface area (Å²) < 4.78 is 1.27. The van der Waals surface area contributed by atoms with Gasteiger partial charge >= 0.3 is 0 Å². The Morgan fingerprint density at radius 1 is 1.41 bits per heavy atom. The van der Waals surface area contributed by atoms with Gasteiger partial charge in [0.25, 0.3) is 5.56 Å². The Bertz CT molecular complexity index is 913. The number of rotatable bonds is 3. The van der Waals surface area contributed by atoms with Gasteiger partial charge in [0.2, 0.25) is 5.91 Å². The number of H-pyrrole nitrogens is 1. The fourth-order valence-corrected chi connectivity index (χ4v) is 2.38. The average Bonchev–Trinajstić information content (AvgIpc) is 2.86. The Morgan fingerprint density at radius 3 is 2.95 bits per heavy atom. The summed E-state index contributed by atoms with van der Waals surface area (Å²) in [4.78, 5) is 31.5. The number of halogens is 1. The van der Waals surface area contributed by atoms with Gasteiger partial charge in [0, 0.05) is 5.69 Å². The van der Waals surface area contributed by atoms with Crippen LogP contribution in [0, 0.1) is 6.92 Å². The van der Waals surface area contributed by atoms with Crippen LogP contribution >= 0.6 is 11.6 Å². The summed E-state index contributed by atoms with van der Waals surface area (Å²) in [6.45, 7) is 1.72. The zero-order chi connectivity index (χ0) is 15.7. The highest BCUT2D eigenvalue weighted by Gasteiger charge is 2.10. The molecule has 0 aliphatic rings. The highest BCUT2D eigenvalue weighted by atomic mass is 35.5. The standard InChI is InChI=1S/C15H13ClN4O2/c1-9-6-10-14(18-9)17-8-20(15(10)22)7-13(21)19-12-5-3-2-4-11(12)16/h2-6,8,18H,7H2,1H3,(H,19,21). The Morgan fingerprint density at radius 2 is 2.18 bits per heavy atom. The molecule has 3 aromatic rings. The maximum absolute atomic E-state index is 12.3. The predicted octanol–water partition coefficient (Wildman–Crippen LogP) is 2.33. The minimum absolute atomic E-state index is 0.128. The van der Waals surface area contributed by atoms with Crippen LogP contribution in [0.5, 0.6) is 0 Å². The van der Waals surface area contributed by atoms with E-state index in [-0.39, 0.29) is 18.0 Å². The van der Waals surface area contributed by atoms with Crippen LogP contribution in [0.2, 0.25) is 5.02 Å². The van der Waals surface area contributed by atoms with Crippen molar-refractivity contribution >= 4 is 34.2 Å².